The molecule has 1 saturated heterocycles. The lowest BCUT2D eigenvalue weighted by Crippen LogP contribution is -2.35. The zero-order chi connectivity index (χ0) is 14.4. The van der Waals surface area contributed by atoms with Gasteiger partial charge in [0.1, 0.15) is 5.82 Å². The van der Waals surface area contributed by atoms with Crippen molar-refractivity contribution in [2.45, 2.75) is 12.2 Å². The monoisotopic (exact) mass is 296 g/mol. The summed E-state index contributed by atoms with van der Waals surface area (Å²) >= 11 is 1.50. The van der Waals surface area contributed by atoms with E-state index in [4.69, 9.17) is 0 Å². The zero-order valence-corrected chi connectivity index (χ0v) is 11.9. The number of carbonyl (C=O) groups excluding carboxylic acids is 2. The lowest BCUT2D eigenvalue weighted by Gasteiger charge is -2.19. The van der Waals surface area contributed by atoms with Gasteiger partial charge in [0, 0.05) is 31.8 Å². The molecule has 1 aromatic rings. The van der Waals surface area contributed by atoms with Crippen molar-refractivity contribution in [2.24, 2.45) is 0 Å². The predicted molar refractivity (Wildman–Crippen MR) is 76.8 cm³/mol. The third kappa shape index (κ3) is 4.52. The van der Waals surface area contributed by atoms with E-state index in [0.29, 0.717) is 37.6 Å². The van der Waals surface area contributed by atoms with Gasteiger partial charge in [0.15, 0.2) is 0 Å². The second-order valence-electron chi connectivity index (χ2n) is 4.60. The Morgan fingerprint density at radius 3 is 2.80 bits per heavy atom. The number of thioether (sulfide) groups is 1. The Kier molecular flexibility index (Phi) is 5.40. The van der Waals surface area contributed by atoms with Gasteiger partial charge in [-0.1, -0.05) is 12.1 Å². The molecule has 2 amide bonds. The number of hydrogen-bond acceptors (Lipinski definition) is 3. The van der Waals surface area contributed by atoms with E-state index < -0.39 is 0 Å². The van der Waals surface area contributed by atoms with Gasteiger partial charge >= 0.3 is 0 Å². The smallest absolute Gasteiger partial charge is 0.232 e. The molecule has 1 fully saturated rings. The molecule has 0 bridgehead atoms. The van der Waals surface area contributed by atoms with Crippen molar-refractivity contribution in [3.63, 3.8) is 0 Å². The molecule has 0 saturated carbocycles. The van der Waals surface area contributed by atoms with Gasteiger partial charge in [0.05, 0.1) is 5.75 Å². The Morgan fingerprint density at radius 1 is 1.30 bits per heavy atom. The molecule has 4 nitrogen and oxygen atoms in total. The summed E-state index contributed by atoms with van der Waals surface area (Å²) in [6, 6.07) is 6.29. The molecule has 0 spiro atoms. The van der Waals surface area contributed by atoms with E-state index in [9.17, 15) is 14.0 Å². The molecule has 1 N–H and O–H groups in total. The quantitative estimate of drug-likeness (QED) is 0.914. The van der Waals surface area contributed by atoms with E-state index in [-0.39, 0.29) is 17.6 Å². The van der Waals surface area contributed by atoms with Crippen molar-refractivity contribution < 1.29 is 14.0 Å². The first kappa shape index (κ1) is 14.8. The highest BCUT2D eigenvalue weighted by atomic mass is 32.2. The Labute approximate surface area is 121 Å². The molecular weight excluding hydrogens is 279 g/mol. The normalized spacial score (nSPS) is 15.7. The van der Waals surface area contributed by atoms with Gasteiger partial charge < -0.3 is 10.2 Å². The number of rotatable bonds is 4. The van der Waals surface area contributed by atoms with E-state index >= 15 is 0 Å². The maximum atomic E-state index is 12.7. The van der Waals surface area contributed by atoms with Crippen molar-refractivity contribution >= 4 is 23.6 Å². The second kappa shape index (κ2) is 7.28. The van der Waals surface area contributed by atoms with E-state index in [1.165, 1.54) is 23.9 Å². The van der Waals surface area contributed by atoms with Crippen LogP contribution >= 0.6 is 11.8 Å². The molecule has 1 aromatic carbocycles. The van der Waals surface area contributed by atoms with Gasteiger partial charge in [-0.25, -0.2) is 4.39 Å². The average molecular weight is 296 g/mol. The van der Waals surface area contributed by atoms with Crippen LogP contribution in [0.5, 0.6) is 0 Å². The van der Waals surface area contributed by atoms with Crippen molar-refractivity contribution in [3.05, 3.63) is 35.6 Å². The number of carbonyl (C=O) groups is 2. The lowest BCUT2D eigenvalue weighted by atomic mass is 10.2. The maximum Gasteiger partial charge on any atom is 0.232 e. The van der Waals surface area contributed by atoms with Gasteiger partial charge in [-0.15, -0.1) is 11.8 Å². The second-order valence-corrected chi connectivity index (χ2v) is 5.59. The lowest BCUT2D eigenvalue weighted by molar-refractivity contribution is -0.128. The van der Waals surface area contributed by atoms with Crippen LogP contribution in [0.3, 0.4) is 0 Å². The van der Waals surface area contributed by atoms with Crippen LogP contribution in [-0.4, -0.2) is 42.1 Å². The number of hydrogen-bond donors (Lipinski definition) is 1. The third-order valence-electron chi connectivity index (χ3n) is 3.07. The summed E-state index contributed by atoms with van der Waals surface area (Å²) in [5, 5.41) is 2.74. The molecule has 2 rings (SSSR count). The molecular formula is C14H17FN2O2S. The SMILES string of the molecule is O=C1CCN(C(=O)CSCc2ccc(F)cc2)CCN1. The Hall–Kier alpha value is -1.56. The summed E-state index contributed by atoms with van der Waals surface area (Å²) in [6.07, 6.45) is 0.369. The standard InChI is InChI=1S/C14H17FN2O2S/c15-12-3-1-11(2-4-12)9-20-10-14(19)17-7-5-13(18)16-6-8-17/h1-4H,5-10H2,(H,16,18). The van der Waals surface area contributed by atoms with Crippen LogP contribution in [0, 0.1) is 5.82 Å². The molecule has 1 aliphatic heterocycles. The summed E-state index contributed by atoms with van der Waals surface area (Å²) < 4.78 is 12.7. The van der Waals surface area contributed by atoms with Gasteiger partial charge in [0.25, 0.3) is 0 Å². The highest BCUT2D eigenvalue weighted by molar-refractivity contribution is 7.99. The highest BCUT2D eigenvalue weighted by Gasteiger charge is 2.17. The van der Waals surface area contributed by atoms with Crippen LogP contribution in [0.4, 0.5) is 4.39 Å². The summed E-state index contributed by atoms with van der Waals surface area (Å²) in [5.41, 5.74) is 0.997. The molecule has 6 heteroatoms. The number of benzene rings is 1. The van der Waals surface area contributed by atoms with Gasteiger partial charge in [-0.2, -0.15) is 0 Å². The molecule has 108 valence electrons. The van der Waals surface area contributed by atoms with Crippen LogP contribution in [0.15, 0.2) is 24.3 Å². The number of nitrogens with one attached hydrogen (secondary N) is 1. The van der Waals surface area contributed by atoms with Gasteiger partial charge in [0.2, 0.25) is 11.8 Å². The minimum absolute atomic E-state index is 0.000680. The predicted octanol–water partition coefficient (Wildman–Crippen LogP) is 1.41. The number of nitrogens with zero attached hydrogens (tertiary/aromatic N) is 1. The minimum Gasteiger partial charge on any atom is -0.354 e. The average Bonchev–Trinajstić information content (AvgIpc) is 2.66. The first-order chi connectivity index (χ1) is 9.65. The first-order valence-corrected chi connectivity index (χ1v) is 7.67. The van der Waals surface area contributed by atoms with E-state index in [1.54, 1.807) is 17.0 Å². The fourth-order valence-corrected chi connectivity index (χ4v) is 2.83. The van der Waals surface area contributed by atoms with Crippen molar-refractivity contribution in [2.75, 3.05) is 25.4 Å². The van der Waals surface area contributed by atoms with Crippen molar-refractivity contribution in [1.29, 1.82) is 0 Å². The van der Waals surface area contributed by atoms with Crippen molar-refractivity contribution in [1.82, 2.24) is 10.2 Å². The Morgan fingerprint density at radius 2 is 2.05 bits per heavy atom. The molecule has 0 atom stereocenters. The zero-order valence-electron chi connectivity index (χ0n) is 11.1. The molecule has 0 aromatic heterocycles. The topological polar surface area (TPSA) is 49.4 Å². The fraction of sp³-hybridized carbons (Fsp3) is 0.429. The number of halogens is 1. The molecule has 1 aliphatic rings. The summed E-state index contributed by atoms with van der Waals surface area (Å²) in [4.78, 5) is 24.9. The van der Waals surface area contributed by atoms with E-state index in [1.807, 2.05) is 0 Å². The van der Waals surface area contributed by atoms with Crippen molar-refractivity contribution in [3.8, 4) is 0 Å². The number of amides is 2. The Balaban J connectivity index is 1.74. The van der Waals surface area contributed by atoms with E-state index in [2.05, 4.69) is 5.32 Å². The summed E-state index contributed by atoms with van der Waals surface area (Å²) in [6.45, 7) is 1.58. The van der Waals surface area contributed by atoms with Crippen LogP contribution in [-0.2, 0) is 15.3 Å². The van der Waals surface area contributed by atoms with Gasteiger partial charge in [-0.05, 0) is 17.7 Å². The fourth-order valence-electron chi connectivity index (χ4n) is 1.94. The largest absolute Gasteiger partial charge is 0.354 e. The molecule has 0 radical (unpaired) electrons. The summed E-state index contributed by atoms with van der Waals surface area (Å²) in [7, 11) is 0. The van der Waals surface area contributed by atoms with E-state index in [0.717, 1.165) is 5.56 Å². The molecule has 20 heavy (non-hydrogen) atoms. The molecule has 1 heterocycles. The van der Waals surface area contributed by atoms with Crippen LogP contribution in [0.25, 0.3) is 0 Å². The third-order valence-corrected chi connectivity index (χ3v) is 4.06. The Bertz CT molecular complexity index is 479. The minimum atomic E-state index is -0.253. The molecule has 0 aliphatic carbocycles. The first-order valence-electron chi connectivity index (χ1n) is 6.52. The van der Waals surface area contributed by atoms with Crippen LogP contribution in [0.1, 0.15) is 12.0 Å². The summed E-state index contributed by atoms with van der Waals surface area (Å²) in [5.74, 6) is 0.854. The van der Waals surface area contributed by atoms with Crippen LogP contribution in [0.2, 0.25) is 0 Å². The molecule has 0 unspecified atom stereocenters. The highest BCUT2D eigenvalue weighted by Crippen LogP contribution is 2.13. The van der Waals surface area contributed by atoms with Crippen LogP contribution < -0.4 is 5.32 Å². The van der Waals surface area contributed by atoms with Gasteiger partial charge in [-0.3, -0.25) is 9.59 Å². The maximum absolute atomic E-state index is 12.7.